The summed E-state index contributed by atoms with van der Waals surface area (Å²) in [4.78, 5) is 0. The van der Waals surface area contributed by atoms with Gasteiger partial charge >= 0.3 is 0 Å². The fourth-order valence-corrected chi connectivity index (χ4v) is 9.78. The summed E-state index contributed by atoms with van der Waals surface area (Å²) in [6.45, 7) is 15.4. The lowest BCUT2D eigenvalue weighted by molar-refractivity contribution is -0.0962. The Hall–Kier alpha value is -0.380. The third-order valence-electron chi connectivity index (χ3n) is 12.0. The molecule has 0 bridgehead atoms. The molecular formula is C30H52O3. The molecule has 0 aromatic rings. The highest BCUT2D eigenvalue weighted by Crippen LogP contribution is 2.72. The second kappa shape index (κ2) is 8.93. The van der Waals surface area contributed by atoms with Crippen molar-refractivity contribution in [1.82, 2.24) is 0 Å². The maximum atomic E-state index is 10.8. The molecule has 33 heavy (non-hydrogen) atoms. The molecule has 0 saturated heterocycles. The molecule has 8 atom stereocenters. The van der Waals surface area contributed by atoms with E-state index in [4.69, 9.17) is 4.74 Å². The van der Waals surface area contributed by atoms with E-state index >= 15 is 0 Å². The molecule has 190 valence electrons. The number of hydrogen-bond acceptors (Lipinski definition) is 3. The first-order chi connectivity index (χ1) is 15.4. The van der Waals surface area contributed by atoms with Gasteiger partial charge in [0.05, 0.1) is 18.8 Å². The van der Waals surface area contributed by atoms with Gasteiger partial charge in [-0.15, -0.1) is 0 Å². The molecule has 0 aromatic heterocycles. The molecule has 0 aliphatic heterocycles. The first-order valence-electron chi connectivity index (χ1n) is 14.0. The summed E-state index contributed by atoms with van der Waals surface area (Å²) < 4.78 is 5.11. The third kappa shape index (κ3) is 3.87. The van der Waals surface area contributed by atoms with Crippen LogP contribution in [-0.2, 0) is 4.74 Å². The van der Waals surface area contributed by atoms with Gasteiger partial charge in [-0.1, -0.05) is 65.5 Å². The Morgan fingerprint density at radius 2 is 1.67 bits per heavy atom. The van der Waals surface area contributed by atoms with Crippen LogP contribution in [0.15, 0.2) is 11.1 Å². The Bertz CT molecular complexity index is 756. The van der Waals surface area contributed by atoms with Crippen molar-refractivity contribution < 1.29 is 14.9 Å². The molecule has 2 N–H and O–H groups in total. The fourth-order valence-electron chi connectivity index (χ4n) is 9.78. The second-order valence-electron chi connectivity index (χ2n) is 13.8. The van der Waals surface area contributed by atoms with Gasteiger partial charge in [-0.2, -0.15) is 0 Å². The number of rotatable bonds is 7. The van der Waals surface area contributed by atoms with E-state index in [0.29, 0.717) is 29.3 Å². The van der Waals surface area contributed by atoms with Gasteiger partial charge in [0.2, 0.25) is 0 Å². The van der Waals surface area contributed by atoms with E-state index in [0.717, 1.165) is 31.6 Å². The molecule has 4 aliphatic carbocycles. The Balaban J connectivity index is 1.55. The lowest BCUT2D eigenvalue weighted by Crippen LogP contribution is -2.55. The van der Waals surface area contributed by atoms with Crippen molar-refractivity contribution in [1.29, 1.82) is 0 Å². The minimum atomic E-state index is -0.316. The first kappa shape index (κ1) is 25.7. The second-order valence-corrected chi connectivity index (χ2v) is 13.8. The van der Waals surface area contributed by atoms with Gasteiger partial charge in [-0.05, 0) is 97.2 Å². The predicted octanol–water partition coefficient (Wildman–Crippen LogP) is 6.91. The monoisotopic (exact) mass is 460 g/mol. The van der Waals surface area contributed by atoms with Crippen LogP contribution in [0.25, 0.3) is 0 Å². The lowest BCUT2D eigenvalue weighted by atomic mass is 9.43. The molecule has 0 amide bonds. The Morgan fingerprint density at radius 3 is 2.36 bits per heavy atom. The molecule has 3 heteroatoms. The summed E-state index contributed by atoms with van der Waals surface area (Å²) in [5, 5.41) is 20.9. The molecular weight excluding hydrogens is 408 g/mol. The van der Waals surface area contributed by atoms with E-state index in [-0.39, 0.29) is 23.0 Å². The molecule has 1 unspecified atom stereocenters. The van der Waals surface area contributed by atoms with Crippen LogP contribution in [0.2, 0.25) is 0 Å². The van der Waals surface area contributed by atoms with Crippen LogP contribution >= 0.6 is 0 Å². The third-order valence-corrected chi connectivity index (χ3v) is 12.0. The Kier molecular flexibility index (Phi) is 6.96. The molecule has 2 fully saturated rings. The van der Waals surface area contributed by atoms with Crippen molar-refractivity contribution in [2.24, 2.45) is 39.4 Å². The van der Waals surface area contributed by atoms with E-state index in [2.05, 4.69) is 41.5 Å². The van der Waals surface area contributed by atoms with Crippen LogP contribution in [0.1, 0.15) is 112 Å². The number of hydrogen-bond donors (Lipinski definition) is 2. The number of aliphatic hydroxyl groups excluding tert-OH is 2. The Labute approximate surface area is 203 Å². The van der Waals surface area contributed by atoms with E-state index in [1.807, 2.05) is 11.1 Å². The van der Waals surface area contributed by atoms with Crippen molar-refractivity contribution in [2.45, 2.75) is 124 Å². The molecule has 0 heterocycles. The average Bonchev–Trinajstić information content (AvgIpc) is 3.03. The Morgan fingerprint density at radius 1 is 0.939 bits per heavy atom. The minimum absolute atomic E-state index is 0.0211. The van der Waals surface area contributed by atoms with E-state index in [1.165, 1.54) is 44.9 Å². The summed E-state index contributed by atoms with van der Waals surface area (Å²) in [5.74, 6) is 2.10. The highest BCUT2D eigenvalue weighted by Gasteiger charge is 2.63. The van der Waals surface area contributed by atoms with Crippen molar-refractivity contribution in [2.75, 3.05) is 13.7 Å². The smallest absolute Gasteiger partial charge is 0.0773 e. The van der Waals surface area contributed by atoms with Crippen LogP contribution in [0.3, 0.4) is 0 Å². The van der Waals surface area contributed by atoms with Crippen molar-refractivity contribution >= 4 is 0 Å². The maximum Gasteiger partial charge on any atom is 0.0773 e. The van der Waals surface area contributed by atoms with E-state index in [1.54, 1.807) is 7.11 Å². The molecule has 0 radical (unpaired) electrons. The van der Waals surface area contributed by atoms with Gasteiger partial charge < -0.3 is 14.9 Å². The predicted molar refractivity (Wildman–Crippen MR) is 136 cm³/mol. The van der Waals surface area contributed by atoms with Gasteiger partial charge in [0.15, 0.2) is 0 Å². The lowest BCUT2D eigenvalue weighted by Gasteiger charge is -2.62. The normalized spacial score (nSPS) is 44.1. The quantitative estimate of drug-likeness (QED) is 0.406. The highest BCUT2D eigenvalue weighted by molar-refractivity contribution is 5.38. The zero-order valence-electron chi connectivity index (χ0n) is 22.7. The van der Waals surface area contributed by atoms with Crippen LogP contribution in [-0.4, -0.2) is 36.1 Å². The first-order valence-corrected chi connectivity index (χ1v) is 14.0. The summed E-state index contributed by atoms with van der Waals surface area (Å²) >= 11 is 0. The van der Waals surface area contributed by atoms with Gasteiger partial charge in [-0.3, -0.25) is 0 Å². The summed E-state index contributed by atoms with van der Waals surface area (Å²) in [5.41, 5.74) is 4.68. The van der Waals surface area contributed by atoms with Crippen LogP contribution in [0.4, 0.5) is 0 Å². The van der Waals surface area contributed by atoms with Gasteiger partial charge in [0.25, 0.3) is 0 Å². The maximum absolute atomic E-state index is 10.8. The molecule has 0 aromatic carbocycles. The van der Waals surface area contributed by atoms with Gasteiger partial charge in [-0.25, -0.2) is 0 Å². The van der Waals surface area contributed by atoms with Crippen LogP contribution < -0.4 is 0 Å². The summed E-state index contributed by atoms with van der Waals surface area (Å²) in [6, 6.07) is 0. The van der Waals surface area contributed by atoms with Crippen molar-refractivity contribution in [3.05, 3.63) is 11.1 Å². The minimum Gasteiger partial charge on any atom is -0.393 e. The average molecular weight is 461 g/mol. The molecule has 2 saturated carbocycles. The zero-order chi connectivity index (χ0) is 24.2. The number of fused-ring (bicyclic) bond motifs is 4. The summed E-state index contributed by atoms with van der Waals surface area (Å²) in [6.07, 6.45) is 12.6. The highest BCUT2D eigenvalue weighted by atomic mass is 16.5. The number of methoxy groups -OCH3 is 1. The van der Waals surface area contributed by atoms with Gasteiger partial charge in [0, 0.05) is 7.11 Å². The fraction of sp³-hybridized carbons (Fsp3) is 0.933. The van der Waals surface area contributed by atoms with E-state index < -0.39 is 0 Å². The SMILES string of the molecule is COCC(O)CCC[C@@H](C)[C@H]1CC[C@@]2(C)C3=C(CC[C@]12C)[C@@]1(C)CC[C@H](O)C(C)(C)[C@@H]1CC3. The largest absolute Gasteiger partial charge is 0.393 e. The van der Waals surface area contributed by atoms with Crippen LogP contribution in [0.5, 0.6) is 0 Å². The standard InChI is InChI=1S/C30H52O3/c1-20(9-8-10-21(31)19-33-7)22-13-17-30(6)24-11-12-25-27(2,3)26(32)15-16-28(25,4)23(24)14-18-29(22,30)5/h20-22,25-26,31-32H,8-19H2,1-7H3/t20-,21?,22-,25+,26+,28-,29-,30+/m1/s1. The van der Waals surface area contributed by atoms with E-state index in [9.17, 15) is 10.2 Å². The number of ether oxygens (including phenoxy) is 1. The topological polar surface area (TPSA) is 49.7 Å². The molecule has 0 spiro atoms. The zero-order valence-corrected chi connectivity index (χ0v) is 22.7. The van der Waals surface area contributed by atoms with Crippen molar-refractivity contribution in [3.63, 3.8) is 0 Å². The van der Waals surface area contributed by atoms with Crippen LogP contribution in [0, 0.1) is 39.4 Å². The molecule has 4 aliphatic rings. The van der Waals surface area contributed by atoms with Crippen molar-refractivity contribution in [3.8, 4) is 0 Å². The number of aliphatic hydroxyl groups is 2. The number of allylic oxidation sites excluding steroid dienone is 2. The molecule has 3 nitrogen and oxygen atoms in total. The van der Waals surface area contributed by atoms with Gasteiger partial charge in [0.1, 0.15) is 0 Å². The molecule has 4 rings (SSSR count). The summed E-state index contributed by atoms with van der Waals surface area (Å²) in [7, 11) is 1.67.